The molecule has 0 atom stereocenters. The van der Waals surface area contributed by atoms with E-state index in [1.54, 1.807) is 12.1 Å². The van der Waals surface area contributed by atoms with E-state index in [9.17, 15) is 9.59 Å². The number of carbonyl (C=O) groups excluding carboxylic acids is 1. The van der Waals surface area contributed by atoms with Crippen molar-refractivity contribution in [1.82, 2.24) is 9.80 Å². The number of carbonyl (C=O) groups is 1. The van der Waals surface area contributed by atoms with Crippen molar-refractivity contribution in [3.63, 3.8) is 0 Å². The molecule has 2 fully saturated rings. The molecule has 0 N–H and O–H groups in total. The molecule has 2 aliphatic heterocycles. The van der Waals surface area contributed by atoms with E-state index in [1.165, 1.54) is 0 Å². The fourth-order valence-corrected chi connectivity index (χ4v) is 4.72. The molecule has 2 aromatic carbocycles. The van der Waals surface area contributed by atoms with Crippen LogP contribution in [0.3, 0.4) is 0 Å². The predicted octanol–water partition coefficient (Wildman–Crippen LogP) is 3.40. The summed E-state index contributed by atoms with van der Waals surface area (Å²) in [5.41, 5.74) is 1.77. The summed E-state index contributed by atoms with van der Waals surface area (Å²) >= 11 is 0. The van der Waals surface area contributed by atoms with Crippen molar-refractivity contribution in [3.8, 4) is 11.1 Å². The van der Waals surface area contributed by atoms with Gasteiger partial charge in [-0.1, -0.05) is 30.3 Å². The smallest absolute Gasteiger partial charge is 0.344 e. The van der Waals surface area contributed by atoms with Gasteiger partial charge in [0.2, 0.25) is 0 Å². The average molecular weight is 418 g/mol. The lowest BCUT2D eigenvalue weighted by atomic mass is 9.89. The minimum atomic E-state index is -0.401. The summed E-state index contributed by atoms with van der Waals surface area (Å²) in [6, 6.07) is 16.5. The van der Waals surface area contributed by atoms with Gasteiger partial charge in [0.05, 0.1) is 17.8 Å². The number of nitrogens with zero attached hydrogens (tertiary/aromatic N) is 2. The maximum absolute atomic E-state index is 13.2. The predicted molar refractivity (Wildman–Crippen MR) is 119 cm³/mol. The van der Waals surface area contributed by atoms with Crippen molar-refractivity contribution in [2.45, 2.75) is 18.4 Å². The molecule has 160 valence electrons. The zero-order chi connectivity index (χ0) is 21.4. The molecule has 6 nitrogen and oxygen atoms in total. The summed E-state index contributed by atoms with van der Waals surface area (Å²) in [5, 5.41) is 0.854. The van der Waals surface area contributed by atoms with Gasteiger partial charge in [-0.2, -0.15) is 0 Å². The van der Waals surface area contributed by atoms with Gasteiger partial charge in [-0.15, -0.1) is 0 Å². The molecule has 5 rings (SSSR count). The van der Waals surface area contributed by atoms with Crippen molar-refractivity contribution < 1.29 is 13.9 Å². The third kappa shape index (κ3) is 3.89. The Morgan fingerprint density at radius 2 is 1.81 bits per heavy atom. The van der Waals surface area contributed by atoms with Gasteiger partial charge in [-0.3, -0.25) is 4.79 Å². The van der Waals surface area contributed by atoms with Crippen LogP contribution >= 0.6 is 0 Å². The van der Waals surface area contributed by atoms with E-state index in [-0.39, 0.29) is 11.5 Å². The van der Waals surface area contributed by atoms with Crippen LogP contribution in [0.5, 0.6) is 0 Å². The number of likely N-dealkylation sites (N-methyl/N-ethyl adjacent to an activating group) is 1. The van der Waals surface area contributed by atoms with E-state index in [1.807, 2.05) is 47.4 Å². The first-order valence-electron chi connectivity index (χ1n) is 10.8. The summed E-state index contributed by atoms with van der Waals surface area (Å²) in [7, 11) is 2.12. The highest BCUT2D eigenvalue weighted by Gasteiger charge is 2.39. The van der Waals surface area contributed by atoms with Crippen molar-refractivity contribution in [2.24, 2.45) is 0 Å². The van der Waals surface area contributed by atoms with Crippen LogP contribution in [-0.4, -0.2) is 61.1 Å². The molecule has 3 aromatic rings. The third-order valence-electron chi connectivity index (χ3n) is 6.46. The van der Waals surface area contributed by atoms with E-state index < -0.39 is 5.63 Å². The van der Waals surface area contributed by atoms with Crippen LogP contribution in [0.2, 0.25) is 0 Å². The molecule has 0 saturated carbocycles. The van der Waals surface area contributed by atoms with Gasteiger partial charge in [-0.05, 0) is 49.7 Å². The number of rotatable bonds is 2. The van der Waals surface area contributed by atoms with E-state index >= 15 is 0 Å². The summed E-state index contributed by atoms with van der Waals surface area (Å²) in [6.45, 7) is 3.98. The molecular formula is C25H26N2O4. The highest BCUT2D eigenvalue weighted by atomic mass is 16.5. The molecule has 3 heterocycles. The van der Waals surface area contributed by atoms with Crippen LogP contribution in [-0.2, 0) is 4.74 Å². The van der Waals surface area contributed by atoms with Crippen molar-refractivity contribution >= 4 is 16.9 Å². The quantitative estimate of drug-likeness (QED) is 0.597. The average Bonchev–Trinajstić information content (AvgIpc) is 2.79. The summed E-state index contributed by atoms with van der Waals surface area (Å²) in [5.74, 6) is -0.00830. The number of piperidine rings is 1. The first-order valence-corrected chi connectivity index (χ1v) is 10.8. The lowest BCUT2D eigenvalue weighted by molar-refractivity contribution is -0.127. The Bertz CT molecular complexity index is 1180. The zero-order valence-corrected chi connectivity index (χ0v) is 17.7. The number of benzene rings is 2. The fraction of sp³-hybridized carbons (Fsp3) is 0.360. The summed E-state index contributed by atoms with van der Waals surface area (Å²) < 4.78 is 11.6. The highest BCUT2D eigenvalue weighted by molar-refractivity contribution is 5.95. The molecule has 31 heavy (non-hydrogen) atoms. The van der Waals surface area contributed by atoms with Gasteiger partial charge in [0.25, 0.3) is 5.91 Å². The second kappa shape index (κ2) is 7.94. The van der Waals surface area contributed by atoms with Gasteiger partial charge in [0, 0.05) is 37.1 Å². The van der Waals surface area contributed by atoms with Crippen LogP contribution in [0.4, 0.5) is 0 Å². The molecule has 0 aliphatic carbocycles. The second-order valence-corrected chi connectivity index (χ2v) is 8.63. The Kier molecular flexibility index (Phi) is 5.12. The number of likely N-dealkylation sites (tertiary alicyclic amines) is 1. The van der Waals surface area contributed by atoms with E-state index in [0.29, 0.717) is 35.4 Å². The molecule has 0 unspecified atom stereocenters. The Hall–Kier alpha value is -2.96. The van der Waals surface area contributed by atoms with Crippen LogP contribution in [0.15, 0.2) is 63.8 Å². The molecule has 0 bridgehead atoms. The molecular weight excluding hydrogens is 392 g/mol. The van der Waals surface area contributed by atoms with Gasteiger partial charge < -0.3 is 19.0 Å². The van der Waals surface area contributed by atoms with Crippen molar-refractivity contribution in [2.75, 3.05) is 39.8 Å². The zero-order valence-electron chi connectivity index (χ0n) is 17.7. The fourth-order valence-electron chi connectivity index (χ4n) is 4.72. The number of morpholine rings is 1. The molecule has 2 saturated heterocycles. The lowest BCUT2D eigenvalue weighted by Crippen LogP contribution is -2.56. The van der Waals surface area contributed by atoms with Gasteiger partial charge in [0.15, 0.2) is 0 Å². The minimum absolute atomic E-state index is 0.00830. The van der Waals surface area contributed by atoms with E-state index in [0.717, 1.165) is 37.9 Å². The molecule has 1 amide bonds. The number of amides is 1. The van der Waals surface area contributed by atoms with E-state index in [2.05, 4.69) is 11.9 Å². The highest BCUT2D eigenvalue weighted by Crippen LogP contribution is 2.30. The molecule has 1 spiro atoms. The van der Waals surface area contributed by atoms with Gasteiger partial charge in [-0.25, -0.2) is 4.79 Å². The summed E-state index contributed by atoms with van der Waals surface area (Å²) in [6.07, 6.45) is 1.69. The van der Waals surface area contributed by atoms with Crippen LogP contribution in [0, 0.1) is 0 Å². The van der Waals surface area contributed by atoms with Crippen molar-refractivity contribution in [1.29, 1.82) is 0 Å². The first kappa shape index (κ1) is 20.0. The van der Waals surface area contributed by atoms with E-state index in [4.69, 9.17) is 9.15 Å². The maximum atomic E-state index is 13.2. The number of fused-ring (bicyclic) bond motifs is 1. The van der Waals surface area contributed by atoms with Gasteiger partial charge >= 0.3 is 5.63 Å². The summed E-state index contributed by atoms with van der Waals surface area (Å²) in [4.78, 5) is 29.9. The Morgan fingerprint density at radius 3 is 2.61 bits per heavy atom. The number of hydrogen-bond acceptors (Lipinski definition) is 5. The number of hydrogen-bond donors (Lipinski definition) is 0. The standard InChI is InChI=1S/C25H26N2O4/c1-26-13-14-30-25(17-26)9-11-27(12-10-25)23(28)20-7-4-6-18(15-20)21-16-19-5-2-3-8-22(19)31-24(21)29/h2-8,15-16H,9-14,17H2,1H3. The largest absolute Gasteiger partial charge is 0.422 e. The van der Waals surface area contributed by atoms with Gasteiger partial charge in [0.1, 0.15) is 5.58 Å². The minimum Gasteiger partial charge on any atom is -0.422 e. The Labute approximate surface area is 181 Å². The van der Waals surface area contributed by atoms with Crippen LogP contribution in [0.1, 0.15) is 23.2 Å². The second-order valence-electron chi connectivity index (χ2n) is 8.63. The number of para-hydroxylation sites is 1. The molecule has 1 aromatic heterocycles. The molecule has 0 radical (unpaired) electrons. The Morgan fingerprint density at radius 1 is 1.00 bits per heavy atom. The first-order chi connectivity index (χ1) is 15.0. The Balaban J connectivity index is 1.37. The monoisotopic (exact) mass is 418 g/mol. The van der Waals surface area contributed by atoms with Crippen LogP contribution in [0.25, 0.3) is 22.1 Å². The van der Waals surface area contributed by atoms with Crippen LogP contribution < -0.4 is 5.63 Å². The molecule has 2 aliphatic rings. The SMILES string of the molecule is CN1CCOC2(CCN(C(=O)c3cccc(-c4cc5ccccc5oc4=O)c3)CC2)C1. The number of ether oxygens (including phenoxy) is 1. The maximum Gasteiger partial charge on any atom is 0.344 e. The third-order valence-corrected chi connectivity index (χ3v) is 6.46. The van der Waals surface area contributed by atoms with Crippen molar-refractivity contribution in [3.05, 3.63) is 70.6 Å². The lowest BCUT2D eigenvalue weighted by Gasteiger charge is -2.46. The molecule has 6 heteroatoms. The topological polar surface area (TPSA) is 63.0 Å². The normalized spacial score (nSPS) is 19.1.